The smallest absolute Gasteiger partial charge is 0.155 e. The first-order valence-electron chi connectivity index (χ1n) is 19.7. The highest BCUT2D eigenvalue weighted by Crippen LogP contribution is 2.17. The van der Waals surface area contributed by atoms with E-state index in [9.17, 15) is 28.8 Å². The van der Waals surface area contributed by atoms with Gasteiger partial charge in [0.2, 0.25) is 0 Å². The van der Waals surface area contributed by atoms with Crippen molar-refractivity contribution in [2.45, 2.75) is 231 Å². The topological polar surface area (TPSA) is 115 Å². The summed E-state index contributed by atoms with van der Waals surface area (Å²) in [4.78, 5) is 0. The number of hydrogen-bond acceptors (Lipinski definition) is 6. The van der Waals surface area contributed by atoms with Gasteiger partial charge in [0.1, 0.15) is 0 Å². The molecule has 0 aromatic heterocycles. The molecule has 4 atom stereocenters. The average Bonchev–Trinajstić information content (AvgIpc) is 3.00. The van der Waals surface area contributed by atoms with E-state index in [1.54, 1.807) is 0 Å². The van der Waals surface area contributed by atoms with Crippen molar-refractivity contribution < 1.29 is 28.8 Å². The van der Waals surface area contributed by atoms with Gasteiger partial charge >= 0.3 is 0 Å². The molecule has 6 nitrogen and oxygen atoms in total. The maximum Gasteiger partial charge on any atom is 0.155 e. The van der Waals surface area contributed by atoms with Crippen LogP contribution in [-0.2, 0) is 9.84 Å². The molecule has 0 aliphatic carbocycles. The third-order valence-electron chi connectivity index (χ3n) is 9.44. The van der Waals surface area contributed by atoms with E-state index in [-0.39, 0.29) is 0 Å². The number of sulfone groups is 1. The molecule has 0 aromatic carbocycles. The lowest BCUT2D eigenvalue weighted by Crippen LogP contribution is -2.39. The normalized spacial score (nSPS) is 14.9. The zero-order chi connectivity index (χ0) is 33.4. The minimum atomic E-state index is -3.81. The molecule has 4 N–H and O–H groups in total. The second kappa shape index (κ2) is 32.3. The third-order valence-corrected chi connectivity index (χ3v) is 11.1. The number of hydrogen-bond donors (Lipinski definition) is 4. The lowest BCUT2D eigenvalue weighted by atomic mass is 10.0. The van der Waals surface area contributed by atoms with E-state index in [0.717, 1.165) is 38.5 Å². The van der Waals surface area contributed by atoms with Crippen LogP contribution in [0.1, 0.15) is 206 Å². The van der Waals surface area contributed by atoms with Gasteiger partial charge in [-0.3, -0.25) is 0 Å². The summed E-state index contributed by atoms with van der Waals surface area (Å²) in [5.74, 6) is -1.18. The Morgan fingerprint density at radius 3 is 0.756 bits per heavy atom. The van der Waals surface area contributed by atoms with Crippen molar-refractivity contribution in [1.82, 2.24) is 0 Å². The van der Waals surface area contributed by atoms with E-state index in [1.165, 1.54) is 141 Å². The first kappa shape index (κ1) is 44.8. The van der Waals surface area contributed by atoms with Crippen molar-refractivity contribution in [2.75, 3.05) is 11.5 Å². The first-order valence-corrected chi connectivity index (χ1v) is 21.5. The first-order chi connectivity index (χ1) is 21.7. The van der Waals surface area contributed by atoms with Crippen molar-refractivity contribution in [3.05, 3.63) is 0 Å². The molecule has 0 spiro atoms. The predicted molar refractivity (Wildman–Crippen MR) is 193 cm³/mol. The molecule has 0 aromatic rings. The highest BCUT2D eigenvalue weighted by Gasteiger charge is 2.28. The van der Waals surface area contributed by atoms with Gasteiger partial charge in [0.15, 0.2) is 9.84 Å². The molecule has 0 saturated carbocycles. The zero-order valence-electron chi connectivity index (χ0n) is 30.0. The van der Waals surface area contributed by atoms with Crippen LogP contribution in [0.4, 0.5) is 0 Å². The monoisotopic (exact) mass is 663 g/mol. The van der Waals surface area contributed by atoms with Crippen LogP contribution < -0.4 is 0 Å². The summed E-state index contributed by atoms with van der Waals surface area (Å²) < 4.78 is 25.0. The molecule has 0 heterocycles. The molecule has 0 saturated heterocycles. The molecule has 0 bridgehead atoms. The molecule has 0 fully saturated rings. The van der Waals surface area contributed by atoms with Crippen molar-refractivity contribution in [1.29, 1.82) is 0 Å². The highest BCUT2D eigenvalue weighted by atomic mass is 32.2. The van der Waals surface area contributed by atoms with Crippen LogP contribution >= 0.6 is 0 Å². The Bertz CT molecular complexity index is 648. The Kier molecular flexibility index (Phi) is 32.2. The summed E-state index contributed by atoms with van der Waals surface area (Å²) in [7, 11) is -3.81. The van der Waals surface area contributed by atoms with Gasteiger partial charge in [0, 0.05) is 0 Å². The lowest BCUT2D eigenvalue weighted by molar-refractivity contribution is 0.0224. The Morgan fingerprint density at radius 2 is 0.533 bits per heavy atom. The quantitative estimate of drug-likeness (QED) is 0.0497. The van der Waals surface area contributed by atoms with Gasteiger partial charge in [-0.05, 0) is 12.8 Å². The van der Waals surface area contributed by atoms with Crippen molar-refractivity contribution in [3.8, 4) is 0 Å². The van der Waals surface area contributed by atoms with Crippen LogP contribution in [0.2, 0.25) is 0 Å². The third kappa shape index (κ3) is 30.8. The molecule has 7 heteroatoms. The van der Waals surface area contributed by atoms with Gasteiger partial charge in [0.05, 0.1) is 35.9 Å². The van der Waals surface area contributed by atoms with E-state index in [2.05, 4.69) is 13.8 Å². The summed E-state index contributed by atoms with van der Waals surface area (Å²) in [6.07, 6.45) is 30.6. The molecule has 0 aliphatic heterocycles. The van der Waals surface area contributed by atoms with Crippen LogP contribution in [0, 0.1) is 0 Å². The van der Waals surface area contributed by atoms with E-state index in [4.69, 9.17) is 0 Å². The van der Waals surface area contributed by atoms with Crippen LogP contribution in [0.15, 0.2) is 0 Å². The van der Waals surface area contributed by atoms with Gasteiger partial charge in [-0.25, -0.2) is 8.42 Å². The van der Waals surface area contributed by atoms with Crippen LogP contribution in [0.5, 0.6) is 0 Å². The van der Waals surface area contributed by atoms with Crippen LogP contribution in [0.3, 0.4) is 0 Å². The summed E-state index contributed by atoms with van der Waals surface area (Å²) >= 11 is 0. The fourth-order valence-corrected chi connectivity index (χ4v) is 7.91. The highest BCUT2D eigenvalue weighted by molar-refractivity contribution is 7.91. The SMILES string of the molecule is CCCCCCCCCCCCCCCCC(O)C(O)CS(=O)(=O)CC(O)C(O)CCCCCCCCCCCCCCCC. The Labute approximate surface area is 280 Å². The van der Waals surface area contributed by atoms with Crippen LogP contribution in [-0.4, -0.2) is 64.8 Å². The molecule has 0 rings (SSSR count). The van der Waals surface area contributed by atoms with Gasteiger partial charge < -0.3 is 20.4 Å². The summed E-state index contributed by atoms with van der Waals surface area (Å²) in [5, 5.41) is 41.1. The molecule has 45 heavy (non-hydrogen) atoms. The van der Waals surface area contributed by atoms with E-state index in [0.29, 0.717) is 12.8 Å². The van der Waals surface area contributed by atoms with Crippen molar-refractivity contribution in [3.63, 3.8) is 0 Å². The number of rotatable bonds is 36. The Morgan fingerprint density at radius 1 is 0.333 bits per heavy atom. The predicted octanol–water partition coefficient (Wildman–Crippen LogP) is 9.59. The second-order valence-electron chi connectivity index (χ2n) is 14.1. The minimum Gasteiger partial charge on any atom is -0.390 e. The average molecular weight is 663 g/mol. The van der Waals surface area contributed by atoms with E-state index in [1.807, 2.05) is 0 Å². The maximum atomic E-state index is 12.5. The Balaban J connectivity index is 3.77. The molecular formula is C38H78O6S. The lowest BCUT2D eigenvalue weighted by Gasteiger charge is -2.21. The maximum absolute atomic E-state index is 12.5. The fraction of sp³-hybridized carbons (Fsp3) is 1.00. The molecule has 4 unspecified atom stereocenters. The summed E-state index contributed by atoms with van der Waals surface area (Å²) in [6, 6.07) is 0. The molecule has 0 amide bonds. The van der Waals surface area contributed by atoms with Gasteiger partial charge in [-0.15, -0.1) is 0 Å². The summed E-state index contributed by atoms with van der Waals surface area (Å²) in [5.41, 5.74) is 0. The standard InChI is InChI=1S/C38H78O6S/c1-3-5-7-9-11-13-15-17-19-21-23-25-27-29-31-35(39)37(41)33-45(43,44)34-38(42)36(40)32-30-28-26-24-22-20-18-16-14-12-10-8-6-4-2/h35-42H,3-34H2,1-2H3. The number of aliphatic hydroxyl groups is 4. The van der Waals surface area contributed by atoms with Gasteiger partial charge in [-0.1, -0.05) is 194 Å². The summed E-state index contributed by atoms with van der Waals surface area (Å²) in [6.45, 7) is 4.50. The second-order valence-corrected chi connectivity index (χ2v) is 16.3. The molecule has 0 radical (unpaired) electrons. The Hall–Kier alpha value is -0.210. The molecular weight excluding hydrogens is 584 g/mol. The minimum absolute atomic E-state index is 0.374. The van der Waals surface area contributed by atoms with E-state index < -0.39 is 45.8 Å². The van der Waals surface area contributed by atoms with Gasteiger partial charge in [-0.2, -0.15) is 0 Å². The van der Waals surface area contributed by atoms with Gasteiger partial charge in [0.25, 0.3) is 0 Å². The zero-order valence-corrected chi connectivity index (χ0v) is 30.8. The van der Waals surface area contributed by atoms with E-state index >= 15 is 0 Å². The largest absolute Gasteiger partial charge is 0.390 e. The van der Waals surface area contributed by atoms with Crippen LogP contribution in [0.25, 0.3) is 0 Å². The fourth-order valence-electron chi connectivity index (χ4n) is 6.29. The van der Waals surface area contributed by atoms with Crippen molar-refractivity contribution >= 4 is 9.84 Å². The number of unbranched alkanes of at least 4 members (excludes halogenated alkanes) is 26. The molecule has 272 valence electrons. The van der Waals surface area contributed by atoms with Crippen molar-refractivity contribution in [2.24, 2.45) is 0 Å². The molecule has 0 aliphatic rings. The number of aliphatic hydroxyl groups excluding tert-OH is 4.